The zero-order valence-corrected chi connectivity index (χ0v) is 20.9. The van der Waals surface area contributed by atoms with Crippen molar-refractivity contribution in [2.24, 2.45) is 5.92 Å². The molecule has 3 atom stereocenters. The number of benzene rings is 1. The molecular formula is C26H33N5O4. The van der Waals surface area contributed by atoms with Gasteiger partial charge in [0, 0.05) is 37.3 Å². The number of pyridine rings is 1. The van der Waals surface area contributed by atoms with Gasteiger partial charge in [0.05, 0.1) is 30.8 Å². The molecular weight excluding hydrogens is 446 g/mol. The van der Waals surface area contributed by atoms with Crippen LogP contribution >= 0.6 is 0 Å². The van der Waals surface area contributed by atoms with E-state index in [0.29, 0.717) is 24.2 Å². The molecule has 1 aliphatic heterocycles. The number of aromatic nitrogens is 1. The van der Waals surface area contributed by atoms with Gasteiger partial charge in [0.15, 0.2) is 0 Å². The molecule has 2 N–H and O–H groups in total. The molecule has 9 nitrogen and oxygen atoms in total. The van der Waals surface area contributed by atoms with E-state index in [1.807, 2.05) is 26.8 Å². The molecule has 0 spiro atoms. The Morgan fingerprint density at radius 1 is 1.34 bits per heavy atom. The average molecular weight is 480 g/mol. The van der Waals surface area contributed by atoms with Crippen LogP contribution in [0.5, 0.6) is 5.88 Å². The molecule has 2 heterocycles. The summed E-state index contributed by atoms with van der Waals surface area (Å²) in [6.07, 6.45) is 1.18. The van der Waals surface area contributed by atoms with Gasteiger partial charge in [-0.25, -0.2) is 9.78 Å². The molecule has 35 heavy (non-hydrogen) atoms. The van der Waals surface area contributed by atoms with Crippen LogP contribution in [-0.4, -0.2) is 76.8 Å². The van der Waals surface area contributed by atoms with Gasteiger partial charge < -0.3 is 25.0 Å². The van der Waals surface area contributed by atoms with Crippen molar-refractivity contribution < 1.29 is 19.4 Å². The molecule has 1 aromatic heterocycles. The minimum absolute atomic E-state index is 0.000471. The summed E-state index contributed by atoms with van der Waals surface area (Å²) in [6.45, 7) is 7.98. The zero-order chi connectivity index (χ0) is 25.7. The molecule has 0 radical (unpaired) electrons. The molecule has 2 aromatic rings. The molecule has 0 saturated carbocycles. The summed E-state index contributed by atoms with van der Waals surface area (Å²) < 4.78 is 6.25. The Labute approximate surface area is 206 Å². The van der Waals surface area contributed by atoms with Gasteiger partial charge in [-0.15, -0.1) is 0 Å². The lowest BCUT2D eigenvalue weighted by atomic mass is 9.99. The maximum absolute atomic E-state index is 13.6. The standard InChI is InChI=1S/C26H33N5O4/c1-16(2)29-26(34)30(5)14-23-17(3)13-31(18(4)15-32)25(33)22-10-21(12-28-24(22)35-23)20-8-6-7-19(9-20)11-27/h6-10,12,16-18,23,32H,13-15H2,1-5H3,(H,29,34)/t17-,18+,23+/m1/s1. The second-order valence-corrected chi connectivity index (χ2v) is 9.38. The average Bonchev–Trinajstić information content (AvgIpc) is 2.84. The summed E-state index contributed by atoms with van der Waals surface area (Å²) >= 11 is 0. The maximum atomic E-state index is 13.6. The van der Waals surface area contributed by atoms with E-state index in [9.17, 15) is 20.0 Å². The van der Waals surface area contributed by atoms with E-state index in [2.05, 4.69) is 16.4 Å². The summed E-state index contributed by atoms with van der Waals surface area (Å²) in [5.41, 5.74) is 2.21. The van der Waals surface area contributed by atoms with Crippen LogP contribution in [0.4, 0.5) is 4.79 Å². The number of hydrogen-bond donors (Lipinski definition) is 2. The summed E-state index contributed by atoms with van der Waals surface area (Å²) in [6, 6.07) is 10.3. The summed E-state index contributed by atoms with van der Waals surface area (Å²) in [7, 11) is 1.70. The van der Waals surface area contributed by atoms with Gasteiger partial charge in [-0.2, -0.15) is 5.26 Å². The highest BCUT2D eigenvalue weighted by Crippen LogP contribution is 2.30. The smallest absolute Gasteiger partial charge is 0.317 e. The first-order chi connectivity index (χ1) is 16.6. The van der Waals surface area contributed by atoms with Gasteiger partial charge in [0.1, 0.15) is 11.7 Å². The van der Waals surface area contributed by atoms with Gasteiger partial charge in [-0.1, -0.05) is 19.1 Å². The Kier molecular flexibility index (Phi) is 8.30. The molecule has 1 aliphatic rings. The number of urea groups is 1. The van der Waals surface area contributed by atoms with Crippen LogP contribution in [0.1, 0.15) is 43.6 Å². The van der Waals surface area contributed by atoms with Gasteiger partial charge in [-0.05, 0) is 44.5 Å². The fourth-order valence-electron chi connectivity index (χ4n) is 3.96. The van der Waals surface area contributed by atoms with Crippen LogP contribution in [0.3, 0.4) is 0 Å². The van der Waals surface area contributed by atoms with E-state index in [-0.39, 0.29) is 41.9 Å². The van der Waals surface area contributed by atoms with E-state index >= 15 is 0 Å². The molecule has 0 unspecified atom stereocenters. The summed E-state index contributed by atoms with van der Waals surface area (Å²) in [5, 5.41) is 21.9. The Balaban J connectivity index is 2.01. The first kappa shape index (κ1) is 26.0. The topological polar surface area (TPSA) is 119 Å². The largest absolute Gasteiger partial charge is 0.472 e. The number of amides is 3. The lowest BCUT2D eigenvalue weighted by molar-refractivity contribution is 0.0352. The third-order valence-electron chi connectivity index (χ3n) is 6.06. The quantitative estimate of drug-likeness (QED) is 0.658. The van der Waals surface area contributed by atoms with Crippen molar-refractivity contribution in [1.29, 1.82) is 5.26 Å². The molecule has 0 fully saturated rings. The number of carbonyl (C=O) groups excluding carboxylic acids is 2. The zero-order valence-electron chi connectivity index (χ0n) is 20.9. The molecule has 3 rings (SSSR count). The van der Waals surface area contributed by atoms with E-state index in [1.165, 1.54) is 0 Å². The van der Waals surface area contributed by atoms with Gasteiger partial charge in [0.25, 0.3) is 5.91 Å². The highest BCUT2D eigenvalue weighted by Gasteiger charge is 2.34. The van der Waals surface area contributed by atoms with Crippen LogP contribution < -0.4 is 10.1 Å². The lowest BCUT2D eigenvalue weighted by Gasteiger charge is -2.37. The predicted molar refractivity (Wildman–Crippen MR) is 132 cm³/mol. The number of fused-ring (bicyclic) bond motifs is 1. The number of likely N-dealkylation sites (N-methyl/N-ethyl adjacent to an activating group) is 1. The van der Waals surface area contributed by atoms with Crippen LogP contribution in [0.2, 0.25) is 0 Å². The van der Waals surface area contributed by atoms with Gasteiger partial charge in [0.2, 0.25) is 5.88 Å². The first-order valence-corrected chi connectivity index (χ1v) is 11.7. The minimum Gasteiger partial charge on any atom is -0.472 e. The Bertz CT molecular complexity index is 1110. The number of rotatable bonds is 6. The van der Waals surface area contributed by atoms with Crippen molar-refractivity contribution in [3.8, 4) is 23.1 Å². The van der Waals surface area contributed by atoms with Crippen molar-refractivity contribution in [2.45, 2.75) is 45.9 Å². The van der Waals surface area contributed by atoms with Crippen LogP contribution in [0.15, 0.2) is 36.5 Å². The normalized spacial score (nSPS) is 18.6. The SMILES string of the molecule is CC(C)NC(=O)N(C)C[C@@H]1Oc2ncc(-c3cccc(C#N)c3)cc2C(=O)N([C@@H](C)CO)C[C@H]1C. The maximum Gasteiger partial charge on any atom is 0.317 e. The fraction of sp³-hybridized carbons (Fsp3) is 0.462. The van der Waals surface area contributed by atoms with Crippen molar-refractivity contribution in [3.63, 3.8) is 0 Å². The third-order valence-corrected chi connectivity index (χ3v) is 6.06. The van der Waals surface area contributed by atoms with Crippen molar-refractivity contribution in [1.82, 2.24) is 20.1 Å². The molecule has 0 bridgehead atoms. The second kappa shape index (κ2) is 11.2. The third kappa shape index (κ3) is 6.08. The molecule has 0 aliphatic carbocycles. The van der Waals surface area contributed by atoms with Crippen molar-refractivity contribution in [2.75, 3.05) is 26.7 Å². The van der Waals surface area contributed by atoms with Crippen molar-refractivity contribution >= 4 is 11.9 Å². The number of nitriles is 1. The highest BCUT2D eigenvalue weighted by atomic mass is 16.5. The monoisotopic (exact) mass is 479 g/mol. The number of ether oxygens (including phenoxy) is 1. The minimum atomic E-state index is -0.432. The Hall–Kier alpha value is -3.64. The van der Waals surface area contributed by atoms with Gasteiger partial charge in [-0.3, -0.25) is 4.79 Å². The molecule has 3 amide bonds. The van der Waals surface area contributed by atoms with E-state index in [4.69, 9.17) is 4.74 Å². The van der Waals surface area contributed by atoms with Crippen LogP contribution in [0.25, 0.3) is 11.1 Å². The molecule has 0 saturated heterocycles. The molecule has 9 heteroatoms. The number of aliphatic hydroxyl groups excluding tert-OH is 1. The first-order valence-electron chi connectivity index (χ1n) is 11.7. The van der Waals surface area contributed by atoms with E-state index < -0.39 is 12.1 Å². The van der Waals surface area contributed by atoms with Gasteiger partial charge >= 0.3 is 6.03 Å². The number of carbonyl (C=O) groups is 2. The number of hydrogen-bond acceptors (Lipinski definition) is 6. The molecule has 1 aromatic carbocycles. The van der Waals surface area contributed by atoms with E-state index in [1.54, 1.807) is 54.2 Å². The van der Waals surface area contributed by atoms with Crippen molar-refractivity contribution in [3.05, 3.63) is 47.7 Å². The fourth-order valence-corrected chi connectivity index (χ4v) is 3.96. The van der Waals surface area contributed by atoms with Crippen LogP contribution in [-0.2, 0) is 0 Å². The van der Waals surface area contributed by atoms with Crippen LogP contribution in [0, 0.1) is 17.2 Å². The second-order valence-electron chi connectivity index (χ2n) is 9.38. The highest BCUT2D eigenvalue weighted by molar-refractivity contribution is 5.98. The number of nitrogens with one attached hydrogen (secondary N) is 1. The van der Waals surface area contributed by atoms with E-state index in [0.717, 1.165) is 5.56 Å². The predicted octanol–water partition coefficient (Wildman–Crippen LogP) is 2.89. The number of nitrogens with zero attached hydrogens (tertiary/aromatic N) is 4. The summed E-state index contributed by atoms with van der Waals surface area (Å²) in [4.78, 5) is 33.7. The lowest BCUT2D eigenvalue weighted by Crippen LogP contribution is -2.51. The molecule has 186 valence electrons. The Morgan fingerprint density at radius 2 is 2.09 bits per heavy atom. The Morgan fingerprint density at radius 3 is 2.74 bits per heavy atom. The number of aliphatic hydroxyl groups is 1. The summed E-state index contributed by atoms with van der Waals surface area (Å²) in [5.74, 6) is -0.243.